The summed E-state index contributed by atoms with van der Waals surface area (Å²) in [4.78, 5) is 10.7. The van der Waals surface area contributed by atoms with Gasteiger partial charge < -0.3 is 4.18 Å². The molecule has 2 nitrogen and oxygen atoms in total. The van der Waals surface area contributed by atoms with E-state index in [9.17, 15) is 4.79 Å². The fourth-order valence-corrected chi connectivity index (χ4v) is 2.05. The van der Waals surface area contributed by atoms with E-state index >= 15 is 0 Å². The van der Waals surface area contributed by atoms with Crippen LogP contribution in [0.25, 0.3) is 0 Å². The van der Waals surface area contributed by atoms with Crippen LogP contribution in [0.3, 0.4) is 0 Å². The second kappa shape index (κ2) is 9.71. The van der Waals surface area contributed by atoms with Gasteiger partial charge in [-0.25, -0.2) is 0 Å². The maximum absolute atomic E-state index is 10.7. The van der Waals surface area contributed by atoms with Gasteiger partial charge in [-0.3, -0.25) is 4.79 Å². The van der Waals surface area contributed by atoms with Crippen molar-refractivity contribution in [1.82, 2.24) is 0 Å². The highest BCUT2D eigenvalue weighted by molar-refractivity contribution is 7.99. The molecule has 0 aromatic heterocycles. The molecule has 0 aromatic carbocycles. The van der Waals surface area contributed by atoms with Gasteiger partial charge >= 0.3 is 5.97 Å². The number of unbranched alkanes of at least 4 members (excludes halogenated alkanes) is 2. The first-order chi connectivity index (χ1) is 6.66. The smallest absolute Gasteiger partial charge is 0.327 e. The van der Waals surface area contributed by atoms with Crippen LogP contribution in [-0.2, 0) is 8.98 Å². The molecule has 0 saturated heterocycles. The summed E-state index contributed by atoms with van der Waals surface area (Å²) in [6.07, 6.45) is 5.07. The molecule has 0 bridgehead atoms. The van der Waals surface area contributed by atoms with Gasteiger partial charge in [-0.2, -0.15) is 11.8 Å². The average Bonchev–Trinajstić information content (AvgIpc) is 2.15. The van der Waals surface area contributed by atoms with Crippen LogP contribution >= 0.6 is 24.7 Å². The predicted octanol–water partition coefficient (Wildman–Crippen LogP) is 3.32. The standard InChI is InChI=1S/C10H20O2S2/c1-9(2)6-4-3-5-7-14-8-10(11)12-13/h9,13H,3-8H2,1-2H3. The maximum atomic E-state index is 10.7. The fourth-order valence-electron chi connectivity index (χ4n) is 1.12. The molecule has 14 heavy (non-hydrogen) atoms. The zero-order valence-corrected chi connectivity index (χ0v) is 10.7. The maximum Gasteiger partial charge on any atom is 0.327 e. The molecule has 0 aromatic rings. The predicted molar refractivity (Wildman–Crippen MR) is 65.7 cm³/mol. The highest BCUT2D eigenvalue weighted by atomic mass is 32.2. The first-order valence-corrected chi connectivity index (χ1v) is 6.60. The Bertz CT molecular complexity index is 149. The van der Waals surface area contributed by atoms with Gasteiger partial charge in [0.15, 0.2) is 0 Å². The van der Waals surface area contributed by atoms with Crippen molar-refractivity contribution in [2.45, 2.75) is 39.5 Å². The fraction of sp³-hybridized carbons (Fsp3) is 0.900. The lowest BCUT2D eigenvalue weighted by atomic mass is 10.1. The highest BCUT2D eigenvalue weighted by Gasteiger charge is 2.00. The molecule has 0 saturated carbocycles. The molecule has 4 heteroatoms. The molecule has 84 valence electrons. The third-order valence-corrected chi connectivity index (χ3v) is 3.11. The van der Waals surface area contributed by atoms with Crippen LogP contribution < -0.4 is 0 Å². The molecule has 0 heterocycles. The Morgan fingerprint density at radius 2 is 2.07 bits per heavy atom. The third-order valence-electron chi connectivity index (χ3n) is 1.89. The zero-order chi connectivity index (χ0) is 10.8. The summed E-state index contributed by atoms with van der Waals surface area (Å²) >= 11 is 5.06. The normalized spacial score (nSPS) is 10.6. The van der Waals surface area contributed by atoms with Crippen LogP contribution in [0.2, 0.25) is 0 Å². The number of carbonyl (C=O) groups is 1. The molecule has 0 aliphatic rings. The molecule has 0 rings (SSSR count). The molecule has 0 N–H and O–H groups in total. The Labute approximate surface area is 96.8 Å². The third kappa shape index (κ3) is 10.3. The van der Waals surface area contributed by atoms with E-state index in [1.165, 1.54) is 25.7 Å². The summed E-state index contributed by atoms with van der Waals surface area (Å²) in [5.41, 5.74) is 0. The van der Waals surface area contributed by atoms with Crippen LogP contribution in [0.15, 0.2) is 0 Å². The quantitative estimate of drug-likeness (QED) is 0.398. The minimum Gasteiger partial charge on any atom is -0.394 e. The average molecular weight is 236 g/mol. The van der Waals surface area contributed by atoms with Crippen LogP contribution in [0.5, 0.6) is 0 Å². The number of hydrogen-bond donors (Lipinski definition) is 1. The summed E-state index contributed by atoms with van der Waals surface area (Å²) in [5, 5.41) is 0. The SMILES string of the molecule is CC(C)CCCCCSCC(=O)OS. The molecule has 0 fully saturated rings. The van der Waals surface area contributed by atoms with Crippen molar-refractivity contribution in [1.29, 1.82) is 0 Å². The van der Waals surface area contributed by atoms with E-state index < -0.39 is 0 Å². The van der Waals surface area contributed by atoms with Crippen LogP contribution in [0.4, 0.5) is 0 Å². The summed E-state index contributed by atoms with van der Waals surface area (Å²) in [7, 11) is 0. The van der Waals surface area contributed by atoms with Crippen molar-refractivity contribution in [3.05, 3.63) is 0 Å². The van der Waals surface area contributed by atoms with E-state index in [-0.39, 0.29) is 5.97 Å². The Balaban J connectivity index is 3.03. The second-order valence-electron chi connectivity index (χ2n) is 3.76. The molecule has 0 unspecified atom stereocenters. The van der Waals surface area contributed by atoms with E-state index in [0.717, 1.165) is 11.7 Å². The lowest BCUT2D eigenvalue weighted by molar-refractivity contribution is -0.129. The van der Waals surface area contributed by atoms with Gasteiger partial charge in [-0.15, -0.1) is 0 Å². The Kier molecular flexibility index (Phi) is 9.83. The van der Waals surface area contributed by atoms with Crippen molar-refractivity contribution in [3.8, 4) is 0 Å². The summed E-state index contributed by atoms with van der Waals surface area (Å²) in [6, 6.07) is 0. The van der Waals surface area contributed by atoms with Crippen molar-refractivity contribution in [3.63, 3.8) is 0 Å². The van der Waals surface area contributed by atoms with Crippen LogP contribution in [0.1, 0.15) is 39.5 Å². The van der Waals surface area contributed by atoms with Crippen LogP contribution in [0, 0.1) is 5.92 Å². The zero-order valence-electron chi connectivity index (χ0n) is 8.99. The van der Waals surface area contributed by atoms with Crippen molar-refractivity contribution >= 4 is 30.6 Å². The second-order valence-corrected chi connectivity index (χ2v) is 5.05. The summed E-state index contributed by atoms with van der Waals surface area (Å²) < 4.78 is 4.24. The first kappa shape index (κ1) is 14.2. The number of thiol groups is 1. The lowest BCUT2D eigenvalue weighted by Crippen LogP contribution is -2.00. The molecule has 0 aliphatic heterocycles. The van der Waals surface area contributed by atoms with Gasteiger partial charge in [-0.05, 0) is 18.1 Å². The molecule has 0 aliphatic carbocycles. The molecular weight excluding hydrogens is 216 g/mol. The number of carbonyl (C=O) groups excluding carboxylic acids is 1. The lowest BCUT2D eigenvalue weighted by Gasteiger charge is -2.03. The van der Waals surface area contributed by atoms with Gasteiger partial charge in [0, 0.05) is 12.9 Å². The van der Waals surface area contributed by atoms with E-state index in [1.807, 2.05) is 0 Å². The van der Waals surface area contributed by atoms with Gasteiger partial charge in [0.2, 0.25) is 0 Å². The molecule has 0 atom stereocenters. The summed E-state index contributed by atoms with van der Waals surface area (Å²) in [5.74, 6) is 2.02. The minimum absolute atomic E-state index is 0.250. The minimum atomic E-state index is -0.250. The number of rotatable bonds is 8. The van der Waals surface area contributed by atoms with Gasteiger partial charge in [0.25, 0.3) is 0 Å². The Morgan fingerprint density at radius 3 is 2.64 bits per heavy atom. The van der Waals surface area contributed by atoms with Gasteiger partial charge in [0.05, 0.1) is 5.75 Å². The topological polar surface area (TPSA) is 26.3 Å². The first-order valence-electron chi connectivity index (χ1n) is 5.08. The van der Waals surface area contributed by atoms with Gasteiger partial charge in [-0.1, -0.05) is 33.1 Å². The molecule has 0 amide bonds. The molecule has 0 spiro atoms. The van der Waals surface area contributed by atoms with Gasteiger partial charge in [0.1, 0.15) is 0 Å². The molecule has 0 radical (unpaired) electrons. The van der Waals surface area contributed by atoms with E-state index in [0.29, 0.717) is 5.75 Å². The van der Waals surface area contributed by atoms with E-state index in [4.69, 9.17) is 0 Å². The van der Waals surface area contributed by atoms with Crippen molar-refractivity contribution in [2.75, 3.05) is 11.5 Å². The highest BCUT2D eigenvalue weighted by Crippen LogP contribution is 2.11. The largest absolute Gasteiger partial charge is 0.394 e. The number of thioether (sulfide) groups is 1. The van der Waals surface area contributed by atoms with Crippen molar-refractivity contribution in [2.24, 2.45) is 5.92 Å². The Hall–Kier alpha value is 0.170. The number of hydrogen-bond acceptors (Lipinski definition) is 4. The monoisotopic (exact) mass is 236 g/mol. The van der Waals surface area contributed by atoms with E-state index in [1.54, 1.807) is 11.8 Å². The van der Waals surface area contributed by atoms with Crippen LogP contribution in [-0.4, -0.2) is 17.5 Å². The van der Waals surface area contributed by atoms with Crippen molar-refractivity contribution < 1.29 is 8.98 Å². The van der Waals surface area contributed by atoms with E-state index in [2.05, 4.69) is 30.9 Å². The Morgan fingerprint density at radius 1 is 1.36 bits per heavy atom. The summed E-state index contributed by atoms with van der Waals surface area (Å²) in [6.45, 7) is 4.49. The molecular formula is C10H20O2S2.